The minimum Gasteiger partial charge on any atom is -0.488 e. The standard InChI is InChI=1S/C20H17F3N2O2S/c1-2-24-18(26)16-12-28-19(25-16)15-5-3-4-6-17(15)27-11-13-7-9-14(10-8-13)20(21,22)23/h3-10,12H,2,11H2,1H3,(H,24,26). The van der Waals surface area contributed by atoms with Crippen LogP contribution in [0.15, 0.2) is 53.9 Å². The van der Waals surface area contributed by atoms with E-state index in [1.54, 1.807) is 17.5 Å². The molecule has 4 nitrogen and oxygen atoms in total. The van der Waals surface area contributed by atoms with Gasteiger partial charge in [-0.2, -0.15) is 13.2 Å². The third-order valence-electron chi connectivity index (χ3n) is 3.87. The first-order valence-electron chi connectivity index (χ1n) is 8.50. The number of alkyl halides is 3. The first kappa shape index (κ1) is 19.9. The molecule has 0 aliphatic carbocycles. The van der Waals surface area contributed by atoms with E-state index in [4.69, 9.17) is 4.74 Å². The Morgan fingerprint density at radius 2 is 1.86 bits per heavy atom. The molecule has 0 spiro atoms. The van der Waals surface area contributed by atoms with Gasteiger partial charge in [0.15, 0.2) is 0 Å². The maximum absolute atomic E-state index is 12.7. The number of amides is 1. The smallest absolute Gasteiger partial charge is 0.416 e. The van der Waals surface area contributed by atoms with E-state index in [0.717, 1.165) is 17.7 Å². The van der Waals surface area contributed by atoms with Gasteiger partial charge in [-0.1, -0.05) is 24.3 Å². The van der Waals surface area contributed by atoms with Gasteiger partial charge in [-0.3, -0.25) is 4.79 Å². The quantitative estimate of drug-likeness (QED) is 0.615. The lowest BCUT2D eigenvalue weighted by atomic mass is 10.1. The average Bonchev–Trinajstić information content (AvgIpc) is 3.16. The minimum absolute atomic E-state index is 0.115. The van der Waals surface area contributed by atoms with Crippen LogP contribution in [0.4, 0.5) is 13.2 Å². The molecule has 3 aromatic rings. The second kappa shape index (κ2) is 8.43. The summed E-state index contributed by atoms with van der Waals surface area (Å²) in [4.78, 5) is 16.3. The van der Waals surface area contributed by atoms with Crippen LogP contribution >= 0.6 is 11.3 Å². The van der Waals surface area contributed by atoms with Crippen molar-refractivity contribution in [2.75, 3.05) is 6.54 Å². The number of hydrogen-bond donors (Lipinski definition) is 1. The van der Waals surface area contributed by atoms with E-state index in [1.165, 1.54) is 23.5 Å². The lowest BCUT2D eigenvalue weighted by Crippen LogP contribution is -2.22. The molecule has 0 fully saturated rings. The van der Waals surface area contributed by atoms with Crippen LogP contribution in [0.3, 0.4) is 0 Å². The van der Waals surface area contributed by atoms with Crippen LogP contribution in [0, 0.1) is 0 Å². The zero-order valence-corrected chi connectivity index (χ0v) is 15.7. The summed E-state index contributed by atoms with van der Waals surface area (Å²) in [5.74, 6) is 0.298. The fraction of sp³-hybridized carbons (Fsp3) is 0.200. The summed E-state index contributed by atoms with van der Waals surface area (Å²) in [5.41, 5.74) is 0.969. The number of carbonyl (C=O) groups is 1. The Kier molecular flexibility index (Phi) is 5.99. The molecular formula is C20H17F3N2O2S. The van der Waals surface area contributed by atoms with Gasteiger partial charge in [-0.15, -0.1) is 11.3 Å². The predicted octanol–water partition coefficient (Wildman–Crippen LogP) is 5.16. The second-order valence-electron chi connectivity index (χ2n) is 5.88. The predicted molar refractivity (Wildman–Crippen MR) is 101 cm³/mol. The maximum atomic E-state index is 12.7. The van der Waals surface area contributed by atoms with Gasteiger partial charge in [0.05, 0.1) is 11.1 Å². The summed E-state index contributed by atoms with van der Waals surface area (Å²) < 4.78 is 43.8. The summed E-state index contributed by atoms with van der Waals surface area (Å²) in [6.45, 7) is 2.46. The van der Waals surface area contributed by atoms with Crippen LogP contribution in [-0.4, -0.2) is 17.4 Å². The molecule has 146 valence electrons. The number of benzene rings is 2. The lowest BCUT2D eigenvalue weighted by Gasteiger charge is -2.11. The molecule has 8 heteroatoms. The van der Waals surface area contributed by atoms with Crippen LogP contribution < -0.4 is 10.1 Å². The monoisotopic (exact) mass is 406 g/mol. The van der Waals surface area contributed by atoms with Crippen LogP contribution in [-0.2, 0) is 12.8 Å². The molecule has 0 atom stereocenters. The summed E-state index contributed by atoms with van der Waals surface area (Å²) in [7, 11) is 0. The second-order valence-corrected chi connectivity index (χ2v) is 6.73. The van der Waals surface area contributed by atoms with Crippen molar-refractivity contribution in [3.05, 3.63) is 70.7 Å². The first-order chi connectivity index (χ1) is 13.4. The normalized spacial score (nSPS) is 11.3. The van der Waals surface area contributed by atoms with Crippen LogP contribution in [0.2, 0.25) is 0 Å². The fourth-order valence-electron chi connectivity index (χ4n) is 2.47. The maximum Gasteiger partial charge on any atom is 0.416 e. The fourth-order valence-corrected chi connectivity index (χ4v) is 3.30. The van der Waals surface area contributed by atoms with Crippen LogP contribution in [0.25, 0.3) is 10.6 Å². The number of aromatic nitrogens is 1. The number of halogens is 3. The van der Waals surface area contributed by atoms with E-state index in [9.17, 15) is 18.0 Å². The molecule has 0 aliphatic rings. The van der Waals surface area contributed by atoms with Gasteiger partial charge in [0.1, 0.15) is 23.1 Å². The molecule has 1 N–H and O–H groups in total. The number of thiazole rings is 1. The van der Waals surface area contributed by atoms with Crippen LogP contribution in [0.1, 0.15) is 28.5 Å². The molecule has 0 unspecified atom stereocenters. The van der Waals surface area contributed by atoms with Crippen molar-refractivity contribution < 1.29 is 22.7 Å². The Morgan fingerprint density at radius 3 is 2.54 bits per heavy atom. The lowest BCUT2D eigenvalue weighted by molar-refractivity contribution is -0.137. The van der Waals surface area contributed by atoms with Gasteiger partial charge in [0.25, 0.3) is 5.91 Å². The molecular weight excluding hydrogens is 389 g/mol. The summed E-state index contributed by atoms with van der Waals surface area (Å²) >= 11 is 1.32. The van der Waals surface area contributed by atoms with E-state index in [0.29, 0.717) is 28.6 Å². The summed E-state index contributed by atoms with van der Waals surface area (Å²) in [5, 5.41) is 5.00. The highest BCUT2D eigenvalue weighted by molar-refractivity contribution is 7.13. The number of hydrogen-bond acceptors (Lipinski definition) is 4. The zero-order chi connectivity index (χ0) is 20.1. The largest absolute Gasteiger partial charge is 0.488 e. The van der Waals surface area contributed by atoms with Crippen molar-refractivity contribution in [3.63, 3.8) is 0 Å². The van der Waals surface area contributed by atoms with E-state index in [1.807, 2.05) is 19.1 Å². The number of ether oxygens (including phenoxy) is 1. The number of rotatable bonds is 6. The Balaban J connectivity index is 1.75. The van der Waals surface area contributed by atoms with Crippen molar-refractivity contribution in [3.8, 4) is 16.3 Å². The molecule has 3 rings (SSSR count). The molecule has 0 bridgehead atoms. The minimum atomic E-state index is -4.36. The zero-order valence-electron chi connectivity index (χ0n) is 14.9. The van der Waals surface area contributed by atoms with Gasteiger partial charge < -0.3 is 10.1 Å². The van der Waals surface area contributed by atoms with Crippen molar-refractivity contribution in [2.24, 2.45) is 0 Å². The molecule has 0 saturated heterocycles. The molecule has 0 aliphatic heterocycles. The molecule has 0 saturated carbocycles. The number of para-hydroxylation sites is 1. The summed E-state index contributed by atoms with van der Waals surface area (Å²) in [6.07, 6.45) is -4.36. The van der Waals surface area contributed by atoms with Gasteiger partial charge in [0, 0.05) is 11.9 Å². The Hall–Kier alpha value is -2.87. The third kappa shape index (κ3) is 4.69. The van der Waals surface area contributed by atoms with Gasteiger partial charge in [-0.25, -0.2) is 4.98 Å². The highest BCUT2D eigenvalue weighted by atomic mass is 32.1. The van der Waals surface area contributed by atoms with E-state index in [2.05, 4.69) is 10.3 Å². The van der Waals surface area contributed by atoms with Crippen LogP contribution in [0.5, 0.6) is 5.75 Å². The first-order valence-corrected chi connectivity index (χ1v) is 9.38. The Labute approximate surface area is 164 Å². The number of carbonyl (C=O) groups excluding carboxylic acids is 1. The molecule has 1 amide bonds. The van der Waals surface area contributed by atoms with Crippen molar-refractivity contribution in [1.82, 2.24) is 10.3 Å². The van der Waals surface area contributed by atoms with E-state index < -0.39 is 11.7 Å². The van der Waals surface area contributed by atoms with Crippen molar-refractivity contribution in [1.29, 1.82) is 0 Å². The van der Waals surface area contributed by atoms with Gasteiger partial charge in [-0.05, 0) is 36.8 Å². The average molecular weight is 406 g/mol. The summed E-state index contributed by atoms with van der Waals surface area (Å²) in [6, 6.07) is 12.0. The SMILES string of the molecule is CCNC(=O)c1csc(-c2ccccc2OCc2ccc(C(F)(F)F)cc2)n1. The number of nitrogens with zero attached hydrogens (tertiary/aromatic N) is 1. The Morgan fingerprint density at radius 1 is 1.14 bits per heavy atom. The topological polar surface area (TPSA) is 51.2 Å². The van der Waals surface area contributed by atoms with Gasteiger partial charge >= 0.3 is 6.18 Å². The highest BCUT2D eigenvalue weighted by Gasteiger charge is 2.29. The molecule has 2 aromatic carbocycles. The molecule has 1 heterocycles. The number of nitrogens with one attached hydrogen (secondary N) is 1. The molecule has 0 radical (unpaired) electrons. The van der Waals surface area contributed by atoms with Crippen molar-refractivity contribution >= 4 is 17.2 Å². The highest BCUT2D eigenvalue weighted by Crippen LogP contribution is 2.33. The van der Waals surface area contributed by atoms with Crippen molar-refractivity contribution in [2.45, 2.75) is 19.7 Å². The Bertz CT molecular complexity index is 953. The van der Waals surface area contributed by atoms with E-state index >= 15 is 0 Å². The van der Waals surface area contributed by atoms with Gasteiger partial charge in [0.2, 0.25) is 0 Å². The molecule has 28 heavy (non-hydrogen) atoms. The molecule has 1 aromatic heterocycles. The van der Waals surface area contributed by atoms with E-state index in [-0.39, 0.29) is 12.5 Å². The third-order valence-corrected chi connectivity index (χ3v) is 4.74.